The Balaban J connectivity index is 1.68. The van der Waals surface area contributed by atoms with Gasteiger partial charge in [-0.25, -0.2) is 9.18 Å². The third-order valence-electron chi connectivity index (χ3n) is 4.57. The maximum absolute atomic E-state index is 14.6. The quantitative estimate of drug-likeness (QED) is 0.500. The molecule has 0 unspecified atom stereocenters. The van der Waals surface area contributed by atoms with Gasteiger partial charge in [0, 0.05) is 32.0 Å². The van der Waals surface area contributed by atoms with Crippen LogP contribution in [0.2, 0.25) is 10.0 Å². The normalized spacial score (nSPS) is 16.8. The van der Waals surface area contributed by atoms with Crippen LogP contribution in [0.15, 0.2) is 23.6 Å². The molecule has 1 fully saturated rings. The van der Waals surface area contributed by atoms with Crippen LogP contribution in [0.4, 0.5) is 4.39 Å². The Hall–Kier alpha value is -1.63. The molecule has 144 valence electrons. The molecule has 2 aromatic rings. The van der Waals surface area contributed by atoms with Crippen molar-refractivity contribution >= 4 is 62.6 Å². The van der Waals surface area contributed by atoms with E-state index < -0.39 is 11.6 Å². The molecule has 0 atom stereocenters. The van der Waals surface area contributed by atoms with Gasteiger partial charge in [0.05, 0.1) is 21.4 Å². The Kier molecular flexibility index (Phi) is 6.08. The Morgan fingerprint density at radius 3 is 2.70 bits per heavy atom. The fourth-order valence-electron chi connectivity index (χ4n) is 3.00. The lowest BCUT2D eigenvalue weighted by atomic mass is 9.93. The highest BCUT2D eigenvalue weighted by atomic mass is 35.5. The Bertz CT molecular complexity index is 904. The fraction of sp³-hybridized carbons (Fsp3) is 0.368. The molecule has 1 amide bonds. The number of thiophene rings is 1. The summed E-state index contributed by atoms with van der Waals surface area (Å²) >= 11 is 14.1. The van der Waals surface area contributed by atoms with Crippen molar-refractivity contribution in [3.63, 3.8) is 0 Å². The van der Waals surface area contributed by atoms with Gasteiger partial charge in [-0.2, -0.15) is 0 Å². The van der Waals surface area contributed by atoms with Crippen LogP contribution in [0.5, 0.6) is 0 Å². The minimum atomic E-state index is -2.02. The molecular weight excluding hydrogens is 412 g/mol. The molecule has 0 bridgehead atoms. The average Bonchev–Trinajstić information content (AvgIpc) is 3.12. The molecule has 1 aliphatic rings. The number of rotatable bonds is 4. The van der Waals surface area contributed by atoms with Crippen molar-refractivity contribution < 1.29 is 18.7 Å². The number of benzene rings is 1. The predicted octanol–water partition coefficient (Wildman–Crippen LogP) is 5.12. The molecule has 0 saturated carbocycles. The fourth-order valence-corrected chi connectivity index (χ4v) is 4.44. The van der Waals surface area contributed by atoms with Gasteiger partial charge >= 0.3 is 5.97 Å². The molecule has 1 saturated heterocycles. The molecule has 4 nitrogen and oxygen atoms in total. The maximum Gasteiger partial charge on any atom is 0.344 e. The number of hydrogen-bond donors (Lipinski definition) is 0. The van der Waals surface area contributed by atoms with Crippen LogP contribution < -0.4 is 0 Å². The second-order valence-electron chi connectivity index (χ2n) is 6.28. The first kappa shape index (κ1) is 20.1. The summed E-state index contributed by atoms with van der Waals surface area (Å²) in [6, 6.07) is 3.80. The van der Waals surface area contributed by atoms with Gasteiger partial charge in [0.1, 0.15) is 0 Å². The SMILES string of the molecule is CCOC(=O)C1(F)CCN(C(=O)/C=C/c2cc3ccsc3c(Cl)c2Cl)CC1. The van der Waals surface area contributed by atoms with Crippen LogP contribution in [-0.4, -0.2) is 42.1 Å². The lowest BCUT2D eigenvalue weighted by Gasteiger charge is -2.34. The van der Waals surface area contributed by atoms with E-state index in [-0.39, 0.29) is 38.4 Å². The van der Waals surface area contributed by atoms with Crippen molar-refractivity contribution in [1.82, 2.24) is 4.90 Å². The number of ether oxygens (including phenoxy) is 1. The maximum atomic E-state index is 14.6. The Morgan fingerprint density at radius 2 is 2.04 bits per heavy atom. The second-order valence-corrected chi connectivity index (χ2v) is 7.95. The van der Waals surface area contributed by atoms with E-state index in [1.165, 1.54) is 22.3 Å². The summed E-state index contributed by atoms with van der Waals surface area (Å²) in [6.07, 6.45) is 2.86. The van der Waals surface area contributed by atoms with Gasteiger partial charge in [0.2, 0.25) is 11.6 Å². The number of piperidine rings is 1. The number of esters is 1. The third kappa shape index (κ3) is 4.13. The number of alkyl halides is 1. The number of carbonyl (C=O) groups is 2. The first-order valence-corrected chi connectivity index (χ1v) is 10.2. The molecule has 0 radical (unpaired) electrons. The van der Waals surface area contributed by atoms with Gasteiger partial charge in [-0.3, -0.25) is 4.79 Å². The molecule has 27 heavy (non-hydrogen) atoms. The van der Waals surface area contributed by atoms with Crippen LogP contribution in [-0.2, 0) is 14.3 Å². The number of likely N-dealkylation sites (tertiary alicyclic amines) is 1. The standard InChI is InChI=1S/C19H18Cl2FNO3S/c1-2-26-18(25)19(22)6-8-23(9-7-19)14(24)4-3-12-11-13-5-10-27-17(13)16(21)15(12)20/h3-5,10-11H,2,6-9H2,1H3/b4-3+. The van der Waals surface area contributed by atoms with Crippen molar-refractivity contribution in [2.75, 3.05) is 19.7 Å². The van der Waals surface area contributed by atoms with E-state index in [4.69, 9.17) is 27.9 Å². The highest BCUT2D eigenvalue weighted by Crippen LogP contribution is 2.37. The number of halogens is 3. The van der Waals surface area contributed by atoms with E-state index in [1.54, 1.807) is 13.0 Å². The topological polar surface area (TPSA) is 46.6 Å². The number of carbonyl (C=O) groups excluding carboxylic acids is 2. The Labute approximate surface area is 170 Å². The summed E-state index contributed by atoms with van der Waals surface area (Å²) < 4.78 is 20.3. The second kappa shape index (κ2) is 8.17. The highest BCUT2D eigenvalue weighted by molar-refractivity contribution is 7.18. The number of hydrogen-bond acceptors (Lipinski definition) is 4. The van der Waals surface area contributed by atoms with Crippen LogP contribution >= 0.6 is 34.5 Å². The summed E-state index contributed by atoms with van der Waals surface area (Å²) in [7, 11) is 0. The lowest BCUT2D eigenvalue weighted by Crippen LogP contribution is -2.48. The zero-order valence-corrected chi connectivity index (χ0v) is 17.0. The third-order valence-corrected chi connectivity index (χ3v) is 6.51. The molecule has 3 rings (SSSR count). The first-order chi connectivity index (χ1) is 12.9. The first-order valence-electron chi connectivity index (χ1n) is 8.54. The Morgan fingerprint density at radius 1 is 1.33 bits per heavy atom. The zero-order valence-electron chi connectivity index (χ0n) is 14.6. The summed E-state index contributed by atoms with van der Waals surface area (Å²) in [6.45, 7) is 2.07. The monoisotopic (exact) mass is 429 g/mol. The van der Waals surface area contributed by atoms with Gasteiger partial charge in [0.15, 0.2) is 0 Å². The predicted molar refractivity (Wildman–Crippen MR) is 107 cm³/mol. The van der Waals surface area contributed by atoms with Crippen molar-refractivity contribution in [3.05, 3.63) is 39.2 Å². The summed E-state index contributed by atoms with van der Waals surface area (Å²) in [4.78, 5) is 25.6. The van der Waals surface area contributed by atoms with Crippen molar-refractivity contribution in [1.29, 1.82) is 0 Å². The van der Waals surface area contributed by atoms with Gasteiger partial charge in [-0.1, -0.05) is 23.2 Å². The van der Waals surface area contributed by atoms with E-state index in [1.807, 2.05) is 17.5 Å². The molecule has 1 aliphatic heterocycles. The van der Waals surface area contributed by atoms with Crippen LogP contribution in [0.3, 0.4) is 0 Å². The number of amides is 1. The minimum absolute atomic E-state index is 0.0706. The molecule has 0 N–H and O–H groups in total. The average molecular weight is 430 g/mol. The smallest absolute Gasteiger partial charge is 0.344 e. The molecule has 2 heterocycles. The van der Waals surface area contributed by atoms with Gasteiger partial charge in [-0.15, -0.1) is 11.3 Å². The summed E-state index contributed by atoms with van der Waals surface area (Å²) in [5.74, 6) is -1.11. The van der Waals surface area contributed by atoms with E-state index in [2.05, 4.69) is 0 Å². The number of fused-ring (bicyclic) bond motifs is 1. The van der Waals surface area contributed by atoms with Gasteiger partial charge < -0.3 is 9.64 Å². The van der Waals surface area contributed by atoms with Crippen LogP contribution in [0.1, 0.15) is 25.3 Å². The highest BCUT2D eigenvalue weighted by Gasteiger charge is 2.43. The molecular formula is C19H18Cl2FNO3S. The van der Waals surface area contributed by atoms with Gasteiger partial charge in [-0.05, 0) is 41.5 Å². The van der Waals surface area contributed by atoms with E-state index in [0.717, 1.165) is 10.1 Å². The number of nitrogens with zero attached hydrogens (tertiary/aromatic N) is 1. The summed E-state index contributed by atoms with van der Waals surface area (Å²) in [5.41, 5.74) is -1.37. The van der Waals surface area contributed by atoms with Crippen molar-refractivity contribution in [3.8, 4) is 0 Å². The molecule has 1 aromatic heterocycles. The van der Waals surface area contributed by atoms with E-state index in [9.17, 15) is 14.0 Å². The van der Waals surface area contributed by atoms with Gasteiger partial charge in [0.25, 0.3) is 0 Å². The molecule has 0 aliphatic carbocycles. The lowest BCUT2D eigenvalue weighted by molar-refractivity contribution is -0.161. The van der Waals surface area contributed by atoms with E-state index >= 15 is 0 Å². The molecule has 8 heteroatoms. The minimum Gasteiger partial charge on any atom is -0.464 e. The zero-order chi connectivity index (χ0) is 19.6. The van der Waals surface area contributed by atoms with Crippen LogP contribution in [0, 0.1) is 0 Å². The van der Waals surface area contributed by atoms with E-state index in [0.29, 0.717) is 15.6 Å². The largest absolute Gasteiger partial charge is 0.464 e. The van der Waals surface area contributed by atoms with Crippen molar-refractivity contribution in [2.45, 2.75) is 25.4 Å². The van der Waals surface area contributed by atoms with Crippen molar-refractivity contribution in [2.24, 2.45) is 0 Å². The summed E-state index contributed by atoms with van der Waals surface area (Å²) in [5, 5.41) is 3.73. The molecule has 0 spiro atoms. The van der Waals surface area contributed by atoms with Crippen LogP contribution in [0.25, 0.3) is 16.2 Å². The molecule has 1 aromatic carbocycles.